The summed E-state index contributed by atoms with van der Waals surface area (Å²) in [7, 11) is 0. The first kappa shape index (κ1) is 22.0. The van der Waals surface area contributed by atoms with Gasteiger partial charge in [-0.15, -0.1) is 0 Å². The van der Waals surface area contributed by atoms with Gasteiger partial charge < -0.3 is 10.1 Å². The lowest BCUT2D eigenvalue weighted by atomic mass is 9.86. The second-order valence-electron chi connectivity index (χ2n) is 8.40. The molecular weight excluding hydrogens is 384 g/mol. The van der Waals surface area contributed by atoms with Crippen molar-refractivity contribution in [3.05, 3.63) is 35.4 Å². The van der Waals surface area contributed by atoms with E-state index >= 15 is 0 Å². The van der Waals surface area contributed by atoms with E-state index in [1.807, 2.05) is 6.92 Å². The van der Waals surface area contributed by atoms with Gasteiger partial charge in [0.2, 0.25) is 0 Å². The van der Waals surface area contributed by atoms with Gasteiger partial charge in [0.25, 0.3) is 17.7 Å². The molecule has 0 spiro atoms. The minimum atomic E-state index is -1.07. The van der Waals surface area contributed by atoms with Crippen molar-refractivity contribution in [2.75, 3.05) is 6.61 Å². The van der Waals surface area contributed by atoms with Crippen LogP contribution in [0, 0.1) is 11.8 Å². The molecule has 1 N–H and O–H groups in total. The van der Waals surface area contributed by atoms with Gasteiger partial charge in [-0.1, -0.05) is 52.2 Å². The van der Waals surface area contributed by atoms with Crippen LogP contribution in [0.25, 0.3) is 0 Å². The highest BCUT2D eigenvalue weighted by molar-refractivity contribution is 6.22. The lowest BCUT2D eigenvalue weighted by Gasteiger charge is -2.30. The van der Waals surface area contributed by atoms with E-state index in [0.717, 1.165) is 24.2 Å². The van der Waals surface area contributed by atoms with Crippen LogP contribution < -0.4 is 5.32 Å². The summed E-state index contributed by atoms with van der Waals surface area (Å²) >= 11 is 0. The summed E-state index contributed by atoms with van der Waals surface area (Å²) in [4.78, 5) is 51.8. The Morgan fingerprint density at radius 3 is 2.30 bits per heavy atom. The van der Waals surface area contributed by atoms with Crippen LogP contribution >= 0.6 is 0 Å². The highest BCUT2D eigenvalue weighted by Crippen LogP contribution is 2.29. The molecule has 1 heterocycles. The molecule has 30 heavy (non-hydrogen) atoms. The summed E-state index contributed by atoms with van der Waals surface area (Å²) in [6, 6.07) is 5.54. The van der Waals surface area contributed by atoms with Crippen molar-refractivity contribution in [1.29, 1.82) is 0 Å². The van der Waals surface area contributed by atoms with E-state index in [9.17, 15) is 19.2 Å². The first-order chi connectivity index (χ1) is 14.3. The highest BCUT2D eigenvalue weighted by Gasteiger charge is 2.45. The van der Waals surface area contributed by atoms with Crippen molar-refractivity contribution >= 4 is 23.7 Å². The molecule has 0 bridgehead atoms. The van der Waals surface area contributed by atoms with Crippen molar-refractivity contribution in [1.82, 2.24) is 10.2 Å². The molecule has 4 atom stereocenters. The second kappa shape index (κ2) is 9.41. The van der Waals surface area contributed by atoms with Crippen LogP contribution in [0.5, 0.6) is 0 Å². The fraction of sp³-hybridized carbons (Fsp3) is 0.565. The van der Waals surface area contributed by atoms with Crippen molar-refractivity contribution < 1.29 is 23.9 Å². The van der Waals surface area contributed by atoms with Crippen LogP contribution in [0.2, 0.25) is 0 Å². The van der Waals surface area contributed by atoms with Gasteiger partial charge in [0, 0.05) is 6.04 Å². The van der Waals surface area contributed by atoms with Crippen molar-refractivity contribution in [2.45, 2.75) is 65.0 Å². The third-order valence-electron chi connectivity index (χ3n) is 6.33. The Hall–Kier alpha value is -2.70. The lowest BCUT2D eigenvalue weighted by molar-refractivity contribution is -0.154. The predicted octanol–water partition coefficient (Wildman–Crippen LogP) is 2.94. The van der Waals surface area contributed by atoms with Gasteiger partial charge in [0.1, 0.15) is 6.04 Å². The zero-order chi connectivity index (χ0) is 21.8. The van der Waals surface area contributed by atoms with E-state index in [1.54, 1.807) is 31.2 Å². The zero-order valence-electron chi connectivity index (χ0n) is 17.8. The third-order valence-corrected chi connectivity index (χ3v) is 6.33. The molecule has 3 amide bonds. The van der Waals surface area contributed by atoms with E-state index in [0.29, 0.717) is 12.3 Å². The molecule has 3 rings (SSSR count). The number of hydrogen-bond acceptors (Lipinski definition) is 5. The maximum atomic E-state index is 12.9. The molecule has 1 aliphatic heterocycles. The summed E-state index contributed by atoms with van der Waals surface area (Å²) in [5, 5.41) is 2.94. The molecule has 162 valence electrons. The number of carbonyl (C=O) groups is 4. The Labute approximate surface area is 177 Å². The molecule has 1 saturated carbocycles. The monoisotopic (exact) mass is 414 g/mol. The molecule has 2 aliphatic rings. The Bertz CT molecular complexity index is 802. The minimum absolute atomic E-state index is 0.0894. The van der Waals surface area contributed by atoms with Crippen molar-refractivity contribution in [3.63, 3.8) is 0 Å². The highest BCUT2D eigenvalue weighted by atomic mass is 16.5. The first-order valence-corrected chi connectivity index (χ1v) is 10.8. The number of imide groups is 1. The Morgan fingerprint density at radius 2 is 1.73 bits per heavy atom. The molecule has 7 heteroatoms. The molecule has 1 aromatic rings. The smallest absolute Gasteiger partial charge is 0.330 e. The lowest BCUT2D eigenvalue weighted by Crippen LogP contribution is -2.50. The molecule has 1 aromatic carbocycles. The first-order valence-electron chi connectivity index (χ1n) is 10.8. The number of fused-ring (bicyclic) bond motifs is 1. The largest absolute Gasteiger partial charge is 0.454 e. The van der Waals surface area contributed by atoms with Gasteiger partial charge >= 0.3 is 5.97 Å². The van der Waals surface area contributed by atoms with Crippen molar-refractivity contribution in [3.8, 4) is 0 Å². The van der Waals surface area contributed by atoms with Crippen LogP contribution in [0.4, 0.5) is 0 Å². The van der Waals surface area contributed by atoms with E-state index in [1.165, 1.54) is 6.42 Å². The summed E-state index contributed by atoms with van der Waals surface area (Å²) in [5.74, 6) is -2.00. The molecule has 1 aliphatic carbocycles. The normalized spacial score (nSPS) is 23.0. The number of amides is 3. The Balaban J connectivity index is 1.67. The SMILES string of the molecule is CC[C@H](C)[C@@H](C(=O)OCC(=O)NC1CCCCC1C)N1C(=O)c2ccccc2C1=O. The molecule has 2 unspecified atom stereocenters. The quantitative estimate of drug-likeness (QED) is 0.547. The molecule has 7 nitrogen and oxygen atoms in total. The van der Waals surface area contributed by atoms with E-state index in [-0.39, 0.29) is 29.0 Å². The Kier molecular flexibility index (Phi) is 6.90. The number of nitrogens with zero attached hydrogens (tertiary/aromatic N) is 1. The van der Waals surface area contributed by atoms with Crippen molar-refractivity contribution in [2.24, 2.45) is 11.8 Å². The molecule has 0 radical (unpaired) electrons. The van der Waals surface area contributed by atoms with Crippen LogP contribution in [0.15, 0.2) is 24.3 Å². The predicted molar refractivity (Wildman–Crippen MR) is 111 cm³/mol. The van der Waals surface area contributed by atoms with Crippen LogP contribution in [0.3, 0.4) is 0 Å². The van der Waals surface area contributed by atoms with E-state index in [2.05, 4.69) is 12.2 Å². The maximum Gasteiger partial charge on any atom is 0.330 e. The minimum Gasteiger partial charge on any atom is -0.454 e. The number of hydrogen-bond donors (Lipinski definition) is 1. The standard InChI is InChI=1S/C23H30N2O5/c1-4-14(2)20(25-21(27)16-10-6-7-11-17(16)22(25)28)23(29)30-13-19(26)24-18-12-8-5-9-15(18)3/h6-7,10-11,14-15,18,20H,4-5,8-9,12-13H2,1-3H3,(H,24,26)/t14-,15?,18?,20-/m0/s1. The molecule has 0 saturated heterocycles. The summed E-state index contributed by atoms with van der Waals surface area (Å²) < 4.78 is 5.28. The average Bonchev–Trinajstić information content (AvgIpc) is 2.99. The Morgan fingerprint density at radius 1 is 1.13 bits per heavy atom. The summed E-state index contributed by atoms with van der Waals surface area (Å²) in [6.07, 6.45) is 4.80. The van der Waals surface area contributed by atoms with E-state index in [4.69, 9.17) is 4.74 Å². The average molecular weight is 415 g/mol. The number of carbonyl (C=O) groups excluding carboxylic acids is 4. The van der Waals surface area contributed by atoms with Gasteiger partial charge in [-0.3, -0.25) is 19.3 Å². The second-order valence-corrected chi connectivity index (χ2v) is 8.40. The van der Waals surface area contributed by atoms with Gasteiger partial charge in [-0.25, -0.2) is 4.79 Å². The van der Waals surface area contributed by atoms with Gasteiger partial charge in [-0.2, -0.15) is 0 Å². The third kappa shape index (κ3) is 4.40. The molecular formula is C23H30N2O5. The zero-order valence-corrected chi connectivity index (χ0v) is 17.8. The number of nitrogens with one attached hydrogen (secondary N) is 1. The number of ether oxygens (including phenoxy) is 1. The topological polar surface area (TPSA) is 92.8 Å². The maximum absolute atomic E-state index is 12.9. The van der Waals surface area contributed by atoms with E-state index < -0.39 is 30.4 Å². The van der Waals surface area contributed by atoms with Crippen LogP contribution in [-0.4, -0.2) is 47.3 Å². The van der Waals surface area contributed by atoms with Gasteiger partial charge in [0.15, 0.2) is 6.61 Å². The summed E-state index contributed by atoms with van der Waals surface area (Å²) in [5.41, 5.74) is 0.570. The fourth-order valence-electron chi connectivity index (χ4n) is 4.28. The summed E-state index contributed by atoms with van der Waals surface area (Å²) in [6.45, 7) is 5.36. The van der Waals surface area contributed by atoms with Crippen LogP contribution in [0.1, 0.15) is 73.6 Å². The molecule has 1 fully saturated rings. The van der Waals surface area contributed by atoms with Gasteiger partial charge in [-0.05, 0) is 36.8 Å². The fourth-order valence-corrected chi connectivity index (χ4v) is 4.28. The molecule has 0 aromatic heterocycles. The van der Waals surface area contributed by atoms with Crippen LogP contribution in [-0.2, 0) is 14.3 Å². The number of benzene rings is 1. The number of esters is 1. The van der Waals surface area contributed by atoms with Gasteiger partial charge in [0.05, 0.1) is 11.1 Å². The number of rotatable bonds is 7.